The molecule has 1 nitrogen and oxygen atoms in total. The van der Waals surface area contributed by atoms with Crippen molar-refractivity contribution in [3.63, 3.8) is 0 Å². The van der Waals surface area contributed by atoms with Gasteiger partial charge >= 0.3 is 0 Å². The van der Waals surface area contributed by atoms with Crippen molar-refractivity contribution < 1.29 is 5.11 Å². The predicted octanol–water partition coefficient (Wildman–Crippen LogP) is 5.60. The summed E-state index contributed by atoms with van der Waals surface area (Å²) in [4.78, 5) is 0. The molecule has 0 spiro atoms. The van der Waals surface area contributed by atoms with Crippen molar-refractivity contribution in [1.29, 1.82) is 0 Å². The minimum Gasteiger partial charge on any atom is -0.385 e. The summed E-state index contributed by atoms with van der Waals surface area (Å²) in [6.45, 7) is 17.4. The molecule has 2 fully saturated rings. The van der Waals surface area contributed by atoms with Crippen LogP contribution >= 0.6 is 0 Å². The maximum atomic E-state index is 11.4. The van der Waals surface area contributed by atoms with Gasteiger partial charge in [0.15, 0.2) is 0 Å². The molecule has 22 heavy (non-hydrogen) atoms. The summed E-state index contributed by atoms with van der Waals surface area (Å²) in [6.07, 6.45) is 10.7. The second kappa shape index (κ2) is 6.51. The lowest BCUT2D eigenvalue weighted by Gasteiger charge is -2.48. The first-order valence-electron chi connectivity index (χ1n) is 9.24. The largest absolute Gasteiger partial charge is 0.385 e. The highest BCUT2D eigenvalue weighted by Crippen LogP contribution is 2.58. The van der Waals surface area contributed by atoms with Gasteiger partial charge in [0.2, 0.25) is 0 Å². The van der Waals surface area contributed by atoms with Crippen LogP contribution in [0.15, 0.2) is 25.3 Å². The van der Waals surface area contributed by atoms with Gasteiger partial charge in [0.05, 0.1) is 5.60 Å². The number of hydrogen-bond acceptors (Lipinski definition) is 1. The Bertz CT molecular complexity index is 412. The van der Waals surface area contributed by atoms with Gasteiger partial charge in [0.1, 0.15) is 0 Å². The van der Waals surface area contributed by atoms with Gasteiger partial charge in [-0.15, -0.1) is 13.2 Å². The molecule has 0 aromatic heterocycles. The zero-order valence-electron chi connectivity index (χ0n) is 15.1. The second-order valence-corrected chi connectivity index (χ2v) is 8.76. The lowest BCUT2D eigenvalue weighted by atomic mass is 9.59. The molecule has 0 bridgehead atoms. The smallest absolute Gasteiger partial charge is 0.0863 e. The summed E-state index contributed by atoms with van der Waals surface area (Å²) in [7, 11) is 0. The molecule has 0 aliphatic heterocycles. The third kappa shape index (κ3) is 3.07. The van der Waals surface area contributed by atoms with Crippen LogP contribution in [-0.4, -0.2) is 10.7 Å². The van der Waals surface area contributed by atoms with E-state index in [0.717, 1.165) is 30.6 Å². The minimum absolute atomic E-state index is 0.261. The number of rotatable bonds is 4. The lowest BCUT2D eigenvalue weighted by Crippen LogP contribution is -2.47. The van der Waals surface area contributed by atoms with E-state index >= 15 is 0 Å². The molecule has 0 radical (unpaired) electrons. The van der Waals surface area contributed by atoms with E-state index in [-0.39, 0.29) is 11.3 Å². The van der Waals surface area contributed by atoms with Gasteiger partial charge in [0.25, 0.3) is 0 Å². The molecule has 0 amide bonds. The molecule has 1 unspecified atom stereocenters. The average molecular weight is 305 g/mol. The minimum atomic E-state index is -0.743. The van der Waals surface area contributed by atoms with Gasteiger partial charge in [-0.2, -0.15) is 0 Å². The first kappa shape index (κ1) is 17.8. The molecule has 0 aromatic rings. The molecule has 2 rings (SSSR count). The van der Waals surface area contributed by atoms with Crippen LogP contribution in [0.2, 0.25) is 0 Å². The van der Waals surface area contributed by atoms with E-state index in [9.17, 15) is 5.11 Å². The Morgan fingerprint density at radius 2 is 1.91 bits per heavy atom. The molecule has 6 atom stereocenters. The van der Waals surface area contributed by atoms with Crippen molar-refractivity contribution in [3.05, 3.63) is 25.3 Å². The Morgan fingerprint density at radius 3 is 2.45 bits per heavy atom. The Balaban J connectivity index is 2.35. The van der Waals surface area contributed by atoms with E-state index < -0.39 is 5.60 Å². The monoisotopic (exact) mass is 304 g/mol. The van der Waals surface area contributed by atoms with E-state index in [4.69, 9.17) is 0 Å². The highest BCUT2D eigenvalue weighted by Gasteiger charge is 2.52. The van der Waals surface area contributed by atoms with Crippen LogP contribution in [-0.2, 0) is 0 Å². The van der Waals surface area contributed by atoms with Crippen molar-refractivity contribution in [2.75, 3.05) is 0 Å². The third-order valence-corrected chi connectivity index (χ3v) is 7.04. The predicted molar refractivity (Wildman–Crippen MR) is 95.6 cm³/mol. The van der Waals surface area contributed by atoms with Gasteiger partial charge in [-0.05, 0) is 67.1 Å². The summed E-state index contributed by atoms with van der Waals surface area (Å²) in [6, 6.07) is 0. The van der Waals surface area contributed by atoms with E-state index in [1.54, 1.807) is 0 Å². The number of fused-ring (bicyclic) bond motifs is 1. The average Bonchev–Trinajstić information content (AvgIpc) is 2.77. The van der Waals surface area contributed by atoms with Crippen LogP contribution in [0.25, 0.3) is 0 Å². The zero-order valence-corrected chi connectivity index (χ0v) is 15.1. The summed E-state index contributed by atoms with van der Waals surface area (Å²) in [5, 5.41) is 11.4. The summed E-state index contributed by atoms with van der Waals surface area (Å²) < 4.78 is 0. The summed E-state index contributed by atoms with van der Waals surface area (Å²) in [5.41, 5.74) is -0.482. The second-order valence-electron chi connectivity index (χ2n) is 8.76. The van der Waals surface area contributed by atoms with Crippen LogP contribution in [0.3, 0.4) is 0 Å². The van der Waals surface area contributed by atoms with Crippen LogP contribution in [0.4, 0.5) is 0 Å². The molecule has 2 saturated carbocycles. The van der Waals surface area contributed by atoms with Gasteiger partial charge < -0.3 is 5.11 Å². The first-order valence-corrected chi connectivity index (χ1v) is 9.24. The van der Waals surface area contributed by atoms with Gasteiger partial charge in [-0.3, -0.25) is 0 Å². The molecule has 0 heterocycles. The molecule has 2 aliphatic rings. The van der Waals surface area contributed by atoms with E-state index in [2.05, 4.69) is 40.9 Å². The van der Waals surface area contributed by atoms with Crippen molar-refractivity contribution in [2.24, 2.45) is 35.0 Å². The first-order chi connectivity index (χ1) is 10.3. The Hall–Kier alpha value is -0.560. The van der Waals surface area contributed by atoms with Crippen LogP contribution < -0.4 is 0 Å². The highest BCUT2D eigenvalue weighted by atomic mass is 16.3. The van der Waals surface area contributed by atoms with E-state index in [0.29, 0.717) is 5.92 Å². The molecular formula is C21H36O. The van der Waals surface area contributed by atoms with Crippen LogP contribution in [0.5, 0.6) is 0 Å². The third-order valence-electron chi connectivity index (χ3n) is 7.04. The normalized spacial score (nSPS) is 45.9. The topological polar surface area (TPSA) is 20.2 Å². The van der Waals surface area contributed by atoms with E-state index in [1.807, 2.05) is 12.2 Å². The van der Waals surface area contributed by atoms with Gasteiger partial charge in [-0.25, -0.2) is 0 Å². The quantitative estimate of drug-likeness (QED) is 0.670. The number of allylic oxidation sites excluding steroid dienone is 1. The SMILES string of the molecule is C=CC[C@H]1[C@H](C)CC[C@@H]2[C@H](C(C)C)CC[C@@]2(C)CC1(O)C=C. The summed E-state index contributed by atoms with van der Waals surface area (Å²) in [5.74, 6) is 3.12. The standard InChI is InChI=1S/C21H36O/c1-7-9-18-16(5)10-11-19-17(15(3)4)12-13-20(19,6)14-21(18,22)8-2/h7-8,15-19,22H,1-2,9-14H2,3-6H3/t16-,17+,18+,19-,20+,21?/m1/s1. The number of hydrogen-bond donors (Lipinski definition) is 1. The Kier molecular flexibility index (Phi) is 5.27. The van der Waals surface area contributed by atoms with Crippen LogP contribution in [0, 0.1) is 35.0 Å². The van der Waals surface area contributed by atoms with Gasteiger partial charge in [0, 0.05) is 0 Å². The zero-order chi connectivity index (χ0) is 16.5. The Morgan fingerprint density at radius 1 is 1.23 bits per heavy atom. The molecule has 126 valence electrons. The fourth-order valence-corrected chi connectivity index (χ4v) is 5.73. The van der Waals surface area contributed by atoms with Crippen molar-refractivity contribution >= 4 is 0 Å². The van der Waals surface area contributed by atoms with Gasteiger partial charge in [-0.1, -0.05) is 46.3 Å². The maximum Gasteiger partial charge on any atom is 0.0863 e. The molecule has 0 saturated heterocycles. The molecule has 1 N–H and O–H groups in total. The highest BCUT2D eigenvalue weighted by molar-refractivity contribution is 5.10. The van der Waals surface area contributed by atoms with Crippen LogP contribution in [0.1, 0.15) is 66.2 Å². The van der Waals surface area contributed by atoms with Crippen molar-refractivity contribution in [1.82, 2.24) is 0 Å². The Labute approximate surface area is 137 Å². The number of aliphatic hydroxyl groups is 1. The summed E-state index contributed by atoms with van der Waals surface area (Å²) >= 11 is 0. The molecule has 2 aliphatic carbocycles. The maximum absolute atomic E-state index is 11.4. The van der Waals surface area contributed by atoms with E-state index in [1.165, 1.54) is 25.7 Å². The fourth-order valence-electron chi connectivity index (χ4n) is 5.73. The fraction of sp³-hybridized carbons (Fsp3) is 0.810. The van der Waals surface area contributed by atoms with Crippen molar-refractivity contribution in [3.8, 4) is 0 Å². The van der Waals surface area contributed by atoms with Crippen molar-refractivity contribution in [2.45, 2.75) is 71.8 Å². The molecular weight excluding hydrogens is 268 g/mol. The lowest BCUT2D eigenvalue weighted by molar-refractivity contribution is -0.0624. The molecule has 0 aromatic carbocycles. The molecule has 1 heteroatoms.